The summed E-state index contributed by atoms with van der Waals surface area (Å²) < 4.78 is 5.21. The molecule has 1 aromatic carbocycles. The molecule has 0 radical (unpaired) electrons. The normalized spacial score (nSPS) is 10.6. The standard InChI is InChI=1S/C11H10ClNO2/c1-7-2-3-8(4-9(7)12)11-10(5-14)13-6-15-11/h2-4,6,14H,5H2,1H3. The Balaban J connectivity index is 2.50. The first-order chi connectivity index (χ1) is 7.22. The number of halogens is 1. The van der Waals surface area contributed by atoms with E-state index >= 15 is 0 Å². The van der Waals surface area contributed by atoms with Crippen molar-refractivity contribution in [1.29, 1.82) is 0 Å². The molecule has 15 heavy (non-hydrogen) atoms. The molecule has 0 fully saturated rings. The summed E-state index contributed by atoms with van der Waals surface area (Å²) in [7, 11) is 0. The third-order valence-electron chi connectivity index (χ3n) is 2.22. The van der Waals surface area contributed by atoms with Gasteiger partial charge in [0, 0.05) is 10.6 Å². The van der Waals surface area contributed by atoms with Gasteiger partial charge < -0.3 is 9.52 Å². The fourth-order valence-electron chi connectivity index (χ4n) is 1.35. The lowest BCUT2D eigenvalue weighted by Crippen LogP contribution is -1.87. The lowest BCUT2D eigenvalue weighted by Gasteiger charge is -2.02. The van der Waals surface area contributed by atoms with Gasteiger partial charge in [-0.25, -0.2) is 4.98 Å². The summed E-state index contributed by atoms with van der Waals surface area (Å²) in [5.74, 6) is 0.569. The van der Waals surface area contributed by atoms with Crippen molar-refractivity contribution in [2.24, 2.45) is 0 Å². The van der Waals surface area contributed by atoms with Crippen LogP contribution < -0.4 is 0 Å². The molecule has 2 rings (SSSR count). The molecule has 4 heteroatoms. The minimum atomic E-state index is -0.142. The van der Waals surface area contributed by atoms with Gasteiger partial charge in [0.2, 0.25) is 0 Å². The van der Waals surface area contributed by atoms with E-state index in [1.807, 2.05) is 19.1 Å². The van der Waals surface area contributed by atoms with E-state index in [0.717, 1.165) is 11.1 Å². The molecule has 1 heterocycles. The molecule has 2 aromatic rings. The van der Waals surface area contributed by atoms with E-state index < -0.39 is 0 Å². The van der Waals surface area contributed by atoms with Crippen molar-refractivity contribution in [2.75, 3.05) is 0 Å². The summed E-state index contributed by atoms with van der Waals surface area (Å²) in [6, 6.07) is 5.60. The van der Waals surface area contributed by atoms with Crippen LogP contribution in [-0.2, 0) is 6.61 Å². The zero-order valence-corrected chi connectivity index (χ0v) is 8.95. The molecule has 1 N–H and O–H groups in total. The largest absolute Gasteiger partial charge is 0.443 e. The third kappa shape index (κ3) is 1.89. The Hall–Kier alpha value is -1.32. The lowest BCUT2D eigenvalue weighted by atomic mass is 10.1. The second-order valence-corrected chi connectivity index (χ2v) is 3.66. The van der Waals surface area contributed by atoms with Gasteiger partial charge in [0.25, 0.3) is 0 Å². The lowest BCUT2D eigenvalue weighted by molar-refractivity contribution is 0.277. The summed E-state index contributed by atoms with van der Waals surface area (Å²) in [5, 5.41) is 9.71. The molecule has 0 bridgehead atoms. The number of hydrogen-bond donors (Lipinski definition) is 1. The monoisotopic (exact) mass is 223 g/mol. The average molecular weight is 224 g/mol. The van der Waals surface area contributed by atoms with E-state index in [2.05, 4.69) is 4.98 Å². The van der Waals surface area contributed by atoms with Gasteiger partial charge in [0.05, 0.1) is 6.61 Å². The molecule has 1 aromatic heterocycles. The Kier molecular flexibility index (Phi) is 2.75. The second kappa shape index (κ2) is 4.04. The van der Waals surface area contributed by atoms with Crippen molar-refractivity contribution in [1.82, 2.24) is 4.98 Å². The summed E-state index contributed by atoms with van der Waals surface area (Å²) in [4.78, 5) is 3.90. The number of rotatable bonds is 2. The molecule has 0 spiro atoms. The predicted octanol–water partition coefficient (Wildman–Crippen LogP) is 2.80. The average Bonchev–Trinajstić information content (AvgIpc) is 2.70. The van der Waals surface area contributed by atoms with Crippen LogP contribution in [0, 0.1) is 6.92 Å². The SMILES string of the molecule is Cc1ccc(-c2ocnc2CO)cc1Cl. The highest BCUT2D eigenvalue weighted by Crippen LogP contribution is 2.27. The Bertz CT molecular complexity index is 479. The summed E-state index contributed by atoms with van der Waals surface area (Å²) in [6.45, 7) is 1.79. The minimum absolute atomic E-state index is 0.142. The number of aryl methyl sites for hydroxylation is 1. The van der Waals surface area contributed by atoms with E-state index in [4.69, 9.17) is 21.1 Å². The summed E-state index contributed by atoms with van der Waals surface area (Å²) >= 11 is 6.00. The van der Waals surface area contributed by atoms with Crippen LogP contribution in [0.2, 0.25) is 5.02 Å². The van der Waals surface area contributed by atoms with Crippen molar-refractivity contribution in [2.45, 2.75) is 13.5 Å². The van der Waals surface area contributed by atoms with Gasteiger partial charge in [-0.2, -0.15) is 0 Å². The molecule has 0 unspecified atom stereocenters. The van der Waals surface area contributed by atoms with E-state index in [1.54, 1.807) is 6.07 Å². The summed E-state index contributed by atoms with van der Waals surface area (Å²) in [6.07, 6.45) is 1.31. The van der Waals surface area contributed by atoms with Crippen molar-refractivity contribution >= 4 is 11.6 Å². The van der Waals surface area contributed by atoms with Crippen LogP contribution in [0.4, 0.5) is 0 Å². The Labute approximate surface area is 92.3 Å². The van der Waals surface area contributed by atoms with Crippen LogP contribution in [0.5, 0.6) is 0 Å². The fraction of sp³-hybridized carbons (Fsp3) is 0.182. The van der Waals surface area contributed by atoms with Crippen molar-refractivity contribution in [3.8, 4) is 11.3 Å². The predicted molar refractivity (Wildman–Crippen MR) is 57.6 cm³/mol. The van der Waals surface area contributed by atoms with Crippen LogP contribution in [0.25, 0.3) is 11.3 Å². The van der Waals surface area contributed by atoms with Gasteiger partial charge >= 0.3 is 0 Å². The molecule has 0 aliphatic carbocycles. The molecule has 78 valence electrons. The first-order valence-electron chi connectivity index (χ1n) is 4.52. The maximum Gasteiger partial charge on any atom is 0.181 e. The van der Waals surface area contributed by atoms with Crippen molar-refractivity contribution < 1.29 is 9.52 Å². The molecule has 0 amide bonds. The molecular formula is C11H10ClNO2. The molecule has 0 aliphatic heterocycles. The van der Waals surface area contributed by atoms with E-state index in [9.17, 15) is 0 Å². The highest BCUT2D eigenvalue weighted by molar-refractivity contribution is 6.31. The smallest absolute Gasteiger partial charge is 0.181 e. The van der Waals surface area contributed by atoms with Gasteiger partial charge in [-0.15, -0.1) is 0 Å². The number of aliphatic hydroxyl groups excluding tert-OH is 1. The van der Waals surface area contributed by atoms with Gasteiger partial charge in [0.15, 0.2) is 12.2 Å². The maximum absolute atomic E-state index is 9.04. The first-order valence-corrected chi connectivity index (χ1v) is 4.90. The molecule has 0 aliphatic rings. The molecule has 0 atom stereocenters. The Morgan fingerprint density at radius 1 is 1.47 bits per heavy atom. The van der Waals surface area contributed by atoms with Crippen molar-refractivity contribution in [3.63, 3.8) is 0 Å². The van der Waals surface area contributed by atoms with Crippen LogP contribution in [-0.4, -0.2) is 10.1 Å². The first kappa shape index (κ1) is 10.2. The van der Waals surface area contributed by atoms with E-state index in [-0.39, 0.29) is 6.61 Å². The molecular weight excluding hydrogens is 214 g/mol. The van der Waals surface area contributed by atoms with Gasteiger partial charge in [-0.3, -0.25) is 0 Å². The van der Waals surface area contributed by atoms with Crippen LogP contribution in [0.3, 0.4) is 0 Å². The highest BCUT2D eigenvalue weighted by Gasteiger charge is 2.10. The van der Waals surface area contributed by atoms with Gasteiger partial charge in [0.1, 0.15) is 5.69 Å². The van der Waals surface area contributed by atoms with Crippen LogP contribution >= 0.6 is 11.6 Å². The fourth-order valence-corrected chi connectivity index (χ4v) is 1.53. The number of aromatic nitrogens is 1. The Morgan fingerprint density at radius 2 is 2.27 bits per heavy atom. The quantitative estimate of drug-likeness (QED) is 0.852. The molecule has 0 saturated heterocycles. The zero-order chi connectivity index (χ0) is 10.8. The van der Waals surface area contributed by atoms with Crippen molar-refractivity contribution in [3.05, 3.63) is 40.9 Å². The molecule has 0 saturated carbocycles. The summed E-state index contributed by atoms with van der Waals surface area (Å²) in [5.41, 5.74) is 2.35. The van der Waals surface area contributed by atoms with E-state index in [1.165, 1.54) is 6.39 Å². The van der Waals surface area contributed by atoms with Crippen LogP contribution in [0.1, 0.15) is 11.3 Å². The topological polar surface area (TPSA) is 46.3 Å². The third-order valence-corrected chi connectivity index (χ3v) is 2.63. The van der Waals surface area contributed by atoms with E-state index in [0.29, 0.717) is 16.5 Å². The number of hydrogen-bond acceptors (Lipinski definition) is 3. The van der Waals surface area contributed by atoms with Gasteiger partial charge in [-0.05, 0) is 18.6 Å². The maximum atomic E-state index is 9.04. The van der Waals surface area contributed by atoms with Crippen LogP contribution in [0.15, 0.2) is 29.0 Å². The molecule has 3 nitrogen and oxygen atoms in total. The number of benzene rings is 1. The van der Waals surface area contributed by atoms with Gasteiger partial charge in [-0.1, -0.05) is 23.7 Å². The number of oxazole rings is 1. The number of aliphatic hydroxyl groups is 1. The Morgan fingerprint density at radius 3 is 2.93 bits per heavy atom. The zero-order valence-electron chi connectivity index (χ0n) is 8.20. The second-order valence-electron chi connectivity index (χ2n) is 3.25. The number of nitrogens with zero attached hydrogens (tertiary/aromatic N) is 1. The minimum Gasteiger partial charge on any atom is -0.443 e. The highest BCUT2D eigenvalue weighted by atomic mass is 35.5.